The van der Waals surface area contributed by atoms with Gasteiger partial charge in [0.1, 0.15) is 5.82 Å². The van der Waals surface area contributed by atoms with E-state index in [-0.39, 0.29) is 29.5 Å². The summed E-state index contributed by atoms with van der Waals surface area (Å²) in [6.07, 6.45) is 1.81. The SMILES string of the molecule is CC(C)(C)NC(=O)N1CC2=C(C(N)=O)C(c3cccc(F)c3)NN2C2(CC2)C1. The molecule has 0 aromatic heterocycles. The van der Waals surface area contributed by atoms with E-state index in [9.17, 15) is 14.0 Å². The molecule has 1 spiro atoms. The van der Waals surface area contributed by atoms with Gasteiger partial charge < -0.3 is 21.0 Å². The van der Waals surface area contributed by atoms with Crippen molar-refractivity contribution in [2.45, 2.75) is 50.7 Å². The van der Waals surface area contributed by atoms with Crippen molar-refractivity contribution in [3.63, 3.8) is 0 Å². The lowest BCUT2D eigenvalue weighted by Crippen LogP contribution is -2.60. The average molecular weight is 387 g/mol. The third-order valence-corrected chi connectivity index (χ3v) is 5.47. The van der Waals surface area contributed by atoms with Crippen LogP contribution >= 0.6 is 0 Å². The maximum absolute atomic E-state index is 13.8. The first kappa shape index (κ1) is 18.7. The van der Waals surface area contributed by atoms with E-state index in [4.69, 9.17) is 5.73 Å². The summed E-state index contributed by atoms with van der Waals surface area (Å²) >= 11 is 0. The van der Waals surface area contributed by atoms with Crippen LogP contribution in [0, 0.1) is 5.82 Å². The molecule has 4 rings (SSSR count). The fourth-order valence-corrected chi connectivity index (χ4v) is 4.08. The Balaban J connectivity index is 1.71. The Kier molecular flexibility index (Phi) is 4.15. The fourth-order valence-electron chi connectivity index (χ4n) is 4.08. The lowest BCUT2D eigenvalue weighted by molar-refractivity contribution is -0.114. The van der Waals surface area contributed by atoms with Crippen molar-refractivity contribution in [2.24, 2.45) is 5.73 Å². The molecule has 28 heavy (non-hydrogen) atoms. The quantitative estimate of drug-likeness (QED) is 0.722. The minimum absolute atomic E-state index is 0.163. The molecule has 2 heterocycles. The molecule has 1 atom stereocenters. The predicted octanol–water partition coefficient (Wildman–Crippen LogP) is 1.78. The van der Waals surface area contributed by atoms with Crippen LogP contribution < -0.4 is 16.5 Å². The molecule has 3 amide bonds. The number of hydrogen-bond donors (Lipinski definition) is 3. The van der Waals surface area contributed by atoms with Crippen LogP contribution in [0.25, 0.3) is 0 Å². The molecule has 1 aromatic carbocycles. The number of urea groups is 1. The molecule has 4 N–H and O–H groups in total. The Morgan fingerprint density at radius 2 is 2.04 bits per heavy atom. The molecule has 1 unspecified atom stereocenters. The monoisotopic (exact) mass is 387 g/mol. The van der Waals surface area contributed by atoms with E-state index in [0.29, 0.717) is 23.4 Å². The van der Waals surface area contributed by atoms with Crippen LogP contribution in [0.5, 0.6) is 0 Å². The van der Waals surface area contributed by atoms with Crippen molar-refractivity contribution < 1.29 is 14.0 Å². The summed E-state index contributed by atoms with van der Waals surface area (Å²) in [6, 6.07) is 5.47. The second-order valence-electron chi connectivity index (χ2n) is 8.94. The Hall–Kier alpha value is -2.61. The van der Waals surface area contributed by atoms with E-state index >= 15 is 0 Å². The number of rotatable bonds is 2. The van der Waals surface area contributed by atoms with Crippen molar-refractivity contribution in [3.05, 3.63) is 46.9 Å². The molecule has 0 bridgehead atoms. The first-order valence-electron chi connectivity index (χ1n) is 9.51. The van der Waals surface area contributed by atoms with Crippen LogP contribution in [0.2, 0.25) is 0 Å². The zero-order valence-electron chi connectivity index (χ0n) is 16.4. The van der Waals surface area contributed by atoms with Crippen LogP contribution in [0.4, 0.5) is 9.18 Å². The van der Waals surface area contributed by atoms with Gasteiger partial charge in [0.05, 0.1) is 29.4 Å². The van der Waals surface area contributed by atoms with Gasteiger partial charge in [-0.2, -0.15) is 0 Å². The first-order valence-corrected chi connectivity index (χ1v) is 9.51. The van der Waals surface area contributed by atoms with Gasteiger partial charge in [-0.3, -0.25) is 4.79 Å². The highest BCUT2D eigenvalue weighted by Crippen LogP contribution is 2.50. The van der Waals surface area contributed by atoms with Gasteiger partial charge in [-0.15, -0.1) is 0 Å². The molecule has 1 aliphatic carbocycles. The van der Waals surface area contributed by atoms with E-state index in [1.54, 1.807) is 17.0 Å². The Labute approximate surface area is 163 Å². The number of nitrogens with two attached hydrogens (primary N) is 1. The molecular formula is C20H26FN5O2. The van der Waals surface area contributed by atoms with Gasteiger partial charge in [-0.25, -0.2) is 14.6 Å². The lowest BCUT2D eigenvalue weighted by atomic mass is 9.97. The highest BCUT2D eigenvalue weighted by Gasteiger charge is 2.57. The highest BCUT2D eigenvalue weighted by atomic mass is 19.1. The van der Waals surface area contributed by atoms with Gasteiger partial charge in [0, 0.05) is 12.1 Å². The van der Waals surface area contributed by atoms with Crippen molar-refractivity contribution in [2.75, 3.05) is 13.1 Å². The minimum Gasteiger partial charge on any atom is -0.366 e. The molecule has 1 aromatic rings. The average Bonchev–Trinajstić information content (AvgIpc) is 3.22. The van der Waals surface area contributed by atoms with Crippen LogP contribution in [-0.4, -0.2) is 46.0 Å². The van der Waals surface area contributed by atoms with E-state index in [1.807, 2.05) is 25.8 Å². The van der Waals surface area contributed by atoms with Crippen molar-refractivity contribution >= 4 is 11.9 Å². The number of piperazine rings is 1. The molecular weight excluding hydrogens is 361 g/mol. The molecule has 3 aliphatic rings. The number of hydrazine groups is 1. The van der Waals surface area contributed by atoms with E-state index < -0.39 is 11.9 Å². The summed E-state index contributed by atoms with van der Waals surface area (Å²) in [5, 5.41) is 4.99. The van der Waals surface area contributed by atoms with E-state index in [1.165, 1.54) is 12.1 Å². The number of nitrogens with one attached hydrogen (secondary N) is 2. The van der Waals surface area contributed by atoms with Crippen molar-refractivity contribution in [1.82, 2.24) is 20.7 Å². The van der Waals surface area contributed by atoms with E-state index in [2.05, 4.69) is 10.7 Å². The largest absolute Gasteiger partial charge is 0.366 e. The standard InChI is InChI=1S/C20H26FN5O2/c1-19(2,3)23-18(28)25-10-14-15(17(22)27)16(12-5-4-6-13(21)9-12)24-26(14)20(11-25)7-8-20/h4-6,9,16,24H,7-8,10-11H2,1-3H3,(H2,22,27)(H,23,28). The van der Waals surface area contributed by atoms with E-state index in [0.717, 1.165) is 12.8 Å². The molecule has 2 fully saturated rings. The normalized spacial score (nSPS) is 23.1. The predicted molar refractivity (Wildman–Crippen MR) is 102 cm³/mol. The van der Waals surface area contributed by atoms with Crippen molar-refractivity contribution in [3.8, 4) is 0 Å². The molecule has 0 radical (unpaired) electrons. The Bertz CT molecular complexity index is 872. The summed E-state index contributed by atoms with van der Waals surface area (Å²) in [5.74, 6) is -0.932. The van der Waals surface area contributed by atoms with Crippen LogP contribution in [0.3, 0.4) is 0 Å². The maximum atomic E-state index is 13.8. The van der Waals surface area contributed by atoms with Gasteiger partial charge in [0.25, 0.3) is 0 Å². The second kappa shape index (κ2) is 6.20. The van der Waals surface area contributed by atoms with Crippen LogP contribution in [0.15, 0.2) is 35.5 Å². The second-order valence-corrected chi connectivity index (χ2v) is 8.94. The number of fused-ring (bicyclic) bond motifs is 2. The molecule has 8 heteroatoms. The number of halogens is 1. The van der Waals surface area contributed by atoms with Crippen LogP contribution in [-0.2, 0) is 4.79 Å². The zero-order valence-corrected chi connectivity index (χ0v) is 16.4. The fraction of sp³-hybridized carbons (Fsp3) is 0.500. The number of carbonyl (C=O) groups excluding carboxylic acids is 2. The summed E-state index contributed by atoms with van der Waals surface area (Å²) in [5.41, 5.74) is 10.2. The number of hydrogen-bond acceptors (Lipinski definition) is 4. The lowest BCUT2D eigenvalue weighted by Gasteiger charge is -2.43. The summed E-state index contributed by atoms with van der Waals surface area (Å²) < 4.78 is 13.8. The van der Waals surface area contributed by atoms with Crippen LogP contribution in [0.1, 0.15) is 45.2 Å². The number of primary amides is 1. The summed E-state index contributed by atoms with van der Waals surface area (Å²) in [7, 11) is 0. The third-order valence-electron chi connectivity index (χ3n) is 5.47. The highest BCUT2D eigenvalue weighted by molar-refractivity contribution is 5.95. The minimum atomic E-state index is -0.562. The Morgan fingerprint density at radius 3 is 2.61 bits per heavy atom. The molecule has 150 valence electrons. The van der Waals surface area contributed by atoms with Gasteiger partial charge >= 0.3 is 6.03 Å². The Morgan fingerprint density at radius 1 is 1.32 bits per heavy atom. The molecule has 7 nitrogen and oxygen atoms in total. The number of amides is 3. The summed E-state index contributed by atoms with van der Waals surface area (Å²) in [6.45, 7) is 6.63. The molecule has 1 saturated heterocycles. The third kappa shape index (κ3) is 3.22. The number of nitrogens with zero attached hydrogens (tertiary/aromatic N) is 2. The zero-order chi connectivity index (χ0) is 20.3. The smallest absolute Gasteiger partial charge is 0.318 e. The topological polar surface area (TPSA) is 90.7 Å². The summed E-state index contributed by atoms with van der Waals surface area (Å²) in [4.78, 5) is 26.9. The van der Waals surface area contributed by atoms with Gasteiger partial charge in [-0.1, -0.05) is 12.1 Å². The molecule has 1 saturated carbocycles. The van der Waals surface area contributed by atoms with Gasteiger partial charge in [0.2, 0.25) is 5.91 Å². The first-order chi connectivity index (χ1) is 13.1. The van der Waals surface area contributed by atoms with Crippen molar-refractivity contribution in [1.29, 1.82) is 0 Å². The maximum Gasteiger partial charge on any atom is 0.318 e. The molecule has 2 aliphatic heterocycles. The number of carbonyl (C=O) groups is 2. The van der Waals surface area contributed by atoms with Gasteiger partial charge in [0.15, 0.2) is 0 Å². The number of benzene rings is 1. The van der Waals surface area contributed by atoms with Gasteiger partial charge in [-0.05, 0) is 51.3 Å².